The van der Waals surface area contributed by atoms with Gasteiger partial charge >= 0.3 is 0 Å². The third kappa shape index (κ3) is 3.12. The summed E-state index contributed by atoms with van der Waals surface area (Å²) in [7, 11) is 1.61. The summed E-state index contributed by atoms with van der Waals surface area (Å²) in [5.41, 5.74) is 0.652. The zero-order valence-corrected chi connectivity index (χ0v) is 12.5. The minimum absolute atomic E-state index is 0.00301. The van der Waals surface area contributed by atoms with Crippen LogP contribution in [0.3, 0.4) is 0 Å². The molecule has 2 rings (SSSR count). The number of carbonyl (C=O) groups excluding carboxylic acids is 1. The van der Waals surface area contributed by atoms with Crippen molar-refractivity contribution in [2.45, 2.75) is 20.3 Å². The molecule has 0 aliphatic carbocycles. The smallest absolute Gasteiger partial charge is 0.171 e. The van der Waals surface area contributed by atoms with Gasteiger partial charge in [-0.15, -0.1) is 0 Å². The number of hydrogen-bond acceptors (Lipinski definition) is 4. The summed E-state index contributed by atoms with van der Waals surface area (Å²) in [6.45, 7) is 7.57. The summed E-state index contributed by atoms with van der Waals surface area (Å²) in [5.74, 6) is 1.55. The van der Waals surface area contributed by atoms with Crippen LogP contribution in [0.2, 0.25) is 0 Å². The van der Waals surface area contributed by atoms with Gasteiger partial charge in [0.2, 0.25) is 0 Å². The van der Waals surface area contributed by atoms with Crippen molar-refractivity contribution in [3.63, 3.8) is 0 Å². The molecule has 0 amide bonds. The maximum atomic E-state index is 12.7. The Kier molecular flexibility index (Phi) is 5.01. The minimum Gasteiger partial charge on any atom is -0.497 e. The Bertz CT molecular complexity index is 469. The number of ketones is 1. The molecule has 1 heterocycles. The van der Waals surface area contributed by atoms with Crippen molar-refractivity contribution in [2.24, 2.45) is 5.92 Å². The van der Waals surface area contributed by atoms with Gasteiger partial charge in [-0.05, 0) is 37.7 Å². The molecule has 110 valence electrons. The van der Waals surface area contributed by atoms with Crippen LogP contribution in [0.1, 0.15) is 30.6 Å². The van der Waals surface area contributed by atoms with E-state index in [4.69, 9.17) is 9.47 Å². The van der Waals surface area contributed by atoms with Crippen molar-refractivity contribution in [2.75, 3.05) is 33.4 Å². The number of fused-ring (bicyclic) bond motifs is 1. The maximum absolute atomic E-state index is 12.7. The van der Waals surface area contributed by atoms with Gasteiger partial charge in [0.15, 0.2) is 5.78 Å². The largest absolute Gasteiger partial charge is 0.497 e. The van der Waals surface area contributed by atoms with E-state index in [1.54, 1.807) is 13.2 Å². The van der Waals surface area contributed by atoms with Gasteiger partial charge in [-0.3, -0.25) is 4.79 Å². The lowest BCUT2D eigenvalue weighted by molar-refractivity contribution is 0.0877. The third-order valence-electron chi connectivity index (χ3n) is 3.92. The fourth-order valence-corrected chi connectivity index (χ4v) is 2.58. The highest BCUT2D eigenvalue weighted by atomic mass is 16.5. The van der Waals surface area contributed by atoms with E-state index in [-0.39, 0.29) is 11.7 Å². The van der Waals surface area contributed by atoms with E-state index in [0.29, 0.717) is 23.7 Å². The molecule has 1 unspecified atom stereocenters. The van der Waals surface area contributed by atoms with E-state index >= 15 is 0 Å². The van der Waals surface area contributed by atoms with Crippen LogP contribution in [0.5, 0.6) is 11.5 Å². The molecule has 0 radical (unpaired) electrons. The number of nitrogens with zero attached hydrogens (tertiary/aromatic N) is 1. The van der Waals surface area contributed by atoms with Gasteiger partial charge in [0, 0.05) is 12.5 Å². The van der Waals surface area contributed by atoms with Crippen LogP contribution < -0.4 is 9.47 Å². The molecule has 1 aromatic carbocycles. The number of benzene rings is 1. The van der Waals surface area contributed by atoms with Gasteiger partial charge in [-0.1, -0.05) is 13.8 Å². The van der Waals surface area contributed by atoms with Crippen LogP contribution >= 0.6 is 0 Å². The summed E-state index contributed by atoms with van der Waals surface area (Å²) in [6, 6.07) is 5.45. The average Bonchev–Trinajstić information content (AvgIpc) is 2.64. The first-order valence-electron chi connectivity index (χ1n) is 7.27. The Hall–Kier alpha value is -1.55. The van der Waals surface area contributed by atoms with Crippen LogP contribution in [0, 0.1) is 5.92 Å². The lowest BCUT2D eigenvalue weighted by Crippen LogP contribution is -2.33. The second kappa shape index (κ2) is 6.75. The molecule has 0 bridgehead atoms. The van der Waals surface area contributed by atoms with Gasteiger partial charge < -0.3 is 14.4 Å². The van der Waals surface area contributed by atoms with Gasteiger partial charge in [-0.2, -0.15) is 0 Å². The lowest BCUT2D eigenvalue weighted by Gasteiger charge is -2.23. The summed E-state index contributed by atoms with van der Waals surface area (Å²) in [4.78, 5) is 15.0. The normalized spacial score (nSPS) is 18.4. The van der Waals surface area contributed by atoms with Crippen LogP contribution in [0.4, 0.5) is 0 Å². The molecule has 1 aromatic rings. The first-order valence-corrected chi connectivity index (χ1v) is 7.27. The monoisotopic (exact) mass is 277 g/mol. The highest BCUT2D eigenvalue weighted by Crippen LogP contribution is 2.30. The number of ether oxygens (including phenoxy) is 2. The number of rotatable bonds is 5. The standard InChI is InChI=1S/C16H23NO3/c1-4-17(5-2)11-12-8-9-20-15-7-6-13(19-3)10-14(15)16(12)18/h6-7,10,12H,4-5,8-9,11H2,1-3H3. The summed E-state index contributed by atoms with van der Waals surface area (Å²) < 4.78 is 10.9. The van der Waals surface area contributed by atoms with E-state index in [2.05, 4.69) is 18.7 Å². The van der Waals surface area contributed by atoms with Crippen molar-refractivity contribution < 1.29 is 14.3 Å². The van der Waals surface area contributed by atoms with Crippen molar-refractivity contribution >= 4 is 5.78 Å². The van der Waals surface area contributed by atoms with E-state index in [9.17, 15) is 4.79 Å². The first-order chi connectivity index (χ1) is 9.69. The minimum atomic E-state index is 0.00301. The Labute approximate surface area is 120 Å². The van der Waals surface area contributed by atoms with Crippen LogP contribution in [0.25, 0.3) is 0 Å². The van der Waals surface area contributed by atoms with Gasteiger partial charge in [0.25, 0.3) is 0 Å². The Morgan fingerprint density at radius 2 is 2.10 bits per heavy atom. The highest BCUT2D eigenvalue weighted by molar-refractivity contribution is 6.01. The Morgan fingerprint density at radius 1 is 1.35 bits per heavy atom. The van der Waals surface area contributed by atoms with Crippen LogP contribution in [0.15, 0.2) is 18.2 Å². The number of carbonyl (C=O) groups is 1. The molecule has 0 aromatic heterocycles. The molecule has 1 aliphatic rings. The van der Waals surface area contributed by atoms with E-state index in [1.165, 1.54) is 0 Å². The predicted octanol–water partition coefficient (Wildman–Crippen LogP) is 2.62. The molecule has 4 heteroatoms. The fraction of sp³-hybridized carbons (Fsp3) is 0.562. The summed E-state index contributed by atoms with van der Waals surface area (Å²) in [6.07, 6.45) is 0.770. The Balaban J connectivity index is 2.24. The van der Waals surface area contributed by atoms with E-state index < -0.39 is 0 Å². The van der Waals surface area contributed by atoms with Gasteiger partial charge in [0.05, 0.1) is 19.3 Å². The van der Waals surface area contributed by atoms with Gasteiger partial charge in [0.1, 0.15) is 11.5 Å². The molecule has 0 fully saturated rings. The fourth-order valence-electron chi connectivity index (χ4n) is 2.58. The van der Waals surface area contributed by atoms with Crippen molar-refractivity contribution in [3.8, 4) is 11.5 Å². The number of hydrogen-bond donors (Lipinski definition) is 0. The molecule has 20 heavy (non-hydrogen) atoms. The van der Waals surface area contributed by atoms with Crippen LogP contribution in [-0.4, -0.2) is 44.0 Å². The zero-order chi connectivity index (χ0) is 14.5. The number of methoxy groups -OCH3 is 1. The second-order valence-corrected chi connectivity index (χ2v) is 5.05. The Morgan fingerprint density at radius 3 is 2.75 bits per heavy atom. The quantitative estimate of drug-likeness (QED) is 0.829. The molecule has 1 aliphatic heterocycles. The zero-order valence-electron chi connectivity index (χ0n) is 12.5. The van der Waals surface area contributed by atoms with E-state index in [0.717, 1.165) is 26.1 Å². The molecule has 0 saturated carbocycles. The van der Waals surface area contributed by atoms with Crippen molar-refractivity contribution in [1.82, 2.24) is 4.90 Å². The SMILES string of the molecule is CCN(CC)CC1CCOc2ccc(OC)cc2C1=O. The van der Waals surface area contributed by atoms with E-state index in [1.807, 2.05) is 12.1 Å². The predicted molar refractivity (Wildman–Crippen MR) is 78.7 cm³/mol. The molecule has 1 atom stereocenters. The van der Waals surface area contributed by atoms with Crippen LogP contribution in [-0.2, 0) is 0 Å². The van der Waals surface area contributed by atoms with Crippen molar-refractivity contribution in [3.05, 3.63) is 23.8 Å². The molecule has 0 spiro atoms. The molecule has 4 nitrogen and oxygen atoms in total. The number of Topliss-reactive ketones (excluding diaryl/α,β-unsaturated/α-hetero) is 1. The first kappa shape index (κ1) is 14.9. The summed E-state index contributed by atoms with van der Waals surface area (Å²) >= 11 is 0. The van der Waals surface area contributed by atoms with Gasteiger partial charge in [-0.25, -0.2) is 0 Å². The van der Waals surface area contributed by atoms with Crippen molar-refractivity contribution in [1.29, 1.82) is 0 Å². The second-order valence-electron chi connectivity index (χ2n) is 5.05. The molecule has 0 N–H and O–H groups in total. The third-order valence-corrected chi connectivity index (χ3v) is 3.92. The molecule has 0 saturated heterocycles. The highest BCUT2D eigenvalue weighted by Gasteiger charge is 2.28. The average molecular weight is 277 g/mol. The molecular weight excluding hydrogens is 254 g/mol. The summed E-state index contributed by atoms with van der Waals surface area (Å²) in [5, 5.41) is 0. The lowest BCUT2D eigenvalue weighted by atomic mass is 9.94. The maximum Gasteiger partial charge on any atom is 0.171 e. The topological polar surface area (TPSA) is 38.8 Å². The molecular formula is C16H23NO3.